The van der Waals surface area contributed by atoms with Gasteiger partial charge in [0.15, 0.2) is 0 Å². The van der Waals surface area contributed by atoms with Crippen molar-refractivity contribution in [3.05, 3.63) is 205 Å². The molecule has 1 unspecified atom stereocenters. The van der Waals surface area contributed by atoms with E-state index in [-0.39, 0.29) is 0 Å². The van der Waals surface area contributed by atoms with Crippen molar-refractivity contribution in [2.75, 3.05) is 0 Å². The fourth-order valence-electron chi connectivity index (χ4n) is 10.1. The summed E-state index contributed by atoms with van der Waals surface area (Å²) in [4.78, 5) is 0. The van der Waals surface area contributed by atoms with Crippen LogP contribution in [0.2, 0.25) is 0 Å². The molecule has 0 saturated heterocycles. The molecule has 262 valence electrons. The summed E-state index contributed by atoms with van der Waals surface area (Å²) in [6.45, 7) is 0. The van der Waals surface area contributed by atoms with Crippen LogP contribution in [-0.4, -0.2) is 0 Å². The van der Waals surface area contributed by atoms with Crippen LogP contribution in [0.15, 0.2) is 199 Å². The number of fused-ring (bicyclic) bond motifs is 11. The molecule has 0 saturated carbocycles. The van der Waals surface area contributed by atoms with E-state index in [1.807, 2.05) is 12.1 Å². The fraction of sp³-hybridized carbons (Fsp3) is 0.0545. The van der Waals surface area contributed by atoms with Gasteiger partial charge in [0.25, 0.3) is 0 Å². The summed E-state index contributed by atoms with van der Waals surface area (Å²) in [5.74, 6) is 0.972. The SMILES string of the molecule is C1=C[C@H]2c3ccccc3-c3cc(-c4ccccc4-c4c5ccccc5c(-c5ccccc5-c5ccc6oc7ccccc7c6c5)c5ccccc45)ccc3C2C1. The fourth-order valence-corrected chi connectivity index (χ4v) is 10.1. The van der Waals surface area contributed by atoms with Gasteiger partial charge < -0.3 is 4.42 Å². The van der Waals surface area contributed by atoms with E-state index in [1.165, 1.54) is 88.3 Å². The van der Waals surface area contributed by atoms with Crippen molar-refractivity contribution < 1.29 is 4.42 Å². The van der Waals surface area contributed by atoms with Crippen LogP contribution < -0.4 is 0 Å². The Labute approximate surface area is 325 Å². The zero-order valence-corrected chi connectivity index (χ0v) is 30.7. The first kappa shape index (κ1) is 31.4. The lowest BCUT2D eigenvalue weighted by Crippen LogP contribution is -2.13. The van der Waals surface area contributed by atoms with Crippen LogP contribution in [0.5, 0.6) is 0 Å². The molecule has 2 atom stereocenters. The Hall–Kier alpha value is -6.96. The first-order valence-electron chi connectivity index (χ1n) is 19.7. The summed E-state index contributed by atoms with van der Waals surface area (Å²) in [7, 11) is 0. The molecule has 0 fully saturated rings. The molecule has 0 radical (unpaired) electrons. The van der Waals surface area contributed by atoms with Gasteiger partial charge >= 0.3 is 0 Å². The Morgan fingerprint density at radius 1 is 0.357 bits per heavy atom. The minimum atomic E-state index is 0.464. The van der Waals surface area contributed by atoms with Crippen LogP contribution in [0.1, 0.15) is 29.4 Å². The standard InChI is InChI=1S/C55H36O/c1-5-19-44(36(14-1)34-28-30-42-40-26-13-25-39(40)38-16-3-4-17-41(38)50(42)32-34)54-46-21-7-9-23-48(46)55(49-24-10-8-22-47(49)54)45-20-6-2-15-37(45)35-29-31-53-51(33-35)43-18-11-12-27-52(43)56-53/h1-25,27-33,39-40H,26H2/t39-,40?/m0/s1. The minimum absolute atomic E-state index is 0.464. The Morgan fingerprint density at radius 2 is 0.857 bits per heavy atom. The number of hydrogen-bond donors (Lipinski definition) is 0. The molecule has 1 nitrogen and oxygen atoms in total. The maximum Gasteiger partial charge on any atom is 0.135 e. The second kappa shape index (κ2) is 12.3. The van der Waals surface area contributed by atoms with Gasteiger partial charge in [-0.2, -0.15) is 0 Å². The maximum atomic E-state index is 6.23. The molecule has 10 aromatic rings. The van der Waals surface area contributed by atoms with Gasteiger partial charge in [-0.25, -0.2) is 0 Å². The van der Waals surface area contributed by atoms with E-state index in [4.69, 9.17) is 4.42 Å². The second-order valence-electron chi connectivity index (χ2n) is 15.4. The van der Waals surface area contributed by atoms with Gasteiger partial charge in [-0.05, 0) is 125 Å². The van der Waals surface area contributed by atoms with E-state index in [9.17, 15) is 0 Å². The largest absolute Gasteiger partial charge is 0.456 e. The molecular weight excluding hydrogens is 677 g/mol. The summed E-state index contributed by atoms with van der Waals surface area (Å²) >= 11 is 0. The van der Waals surface area contributed by atoms with E-state index >= 15 is 0 Å². The molecule has 12 rings (SSSR count). The van der Waals surface area contributed by atoms with Gasteiger partial charge in [0, 0.05) is 16.7 Å². The monoisotopic (exact) mass is 712 g/mol. The lowest BCUT2D eigenvalue weighted by Gasteiger charge is -2.31. The second-order valence-corrected chi connectivity index (χ2v) is 15.4. The van der Waals surface area contributed by atoms with Crippen LogP contribution in [0.4, 0.5) is 0 Å². The molecule has 0 bridgehead atoms. The van der Waals surface area contributed by atoms with Gasteiger partial charge in [0.2, 0.25) is 0 Å². The van der Waals surface area contributed by atoms with Gasteiger partial charge in [0.1, 0.15) is 11.2 Å². The summed E-state index contributed by atoms with van der Waals surface area (Å²) < 4.78 is 6.23. The molecular formula is C55H36O. The predicted octanol–water partition coefficient (Wildman–Crippen LogP) is 15.4. The number of benzene rings is 9. The molecule has 9 aromatic carbocycles. The van der Waals surface area contributed by atoms with Gasteiger partial charge in [-0.1, -0.05) is 170 Å². The summed E-state index contributed by atoms with van der Waals surface area (Å²) in [5.41, 5.74) is 17.4. The third kappa shape index (κ3) is 4.61. The van der Waals surface area contributed by atoms with Crippen LogP contribution in [-0.2, 0) is 0 Å². The first-order valence-corrected chi connectivity index (χ1v) is 19.7. The predicted molar refractivity (Wildman–Crippen MR) is 235 cm³/mol. The summed E-state index contributed by atoms with van der Waals surface area (Å²) in [5, 5.41) is 7.28. The number of furan rings is 1. The minimum Gasteiger partial charge on any atom is -0.456 e. The number of allylic oxidation sites excluding steroid dienone is 2. The van der Waals surface area contributed by atoms with E-state index in [0.717, 1.165) is 28.4 Å². The van der Waals surface area contributed by atoms with E-state index in [0.29, 0.717) is 11.8 Å². The van der Waals surface area contributed by atoms with Crippen LogP contribution >= 0.6 is 0 Å². The van der Waals surface area contributed by atoms with Crippen LogP contribution in [0.3, 0.4) is 0 Å². The van der Waals surface area contributed by atoms with Crippen molar-refractivity contribution >= 4 is 43.5 Å². The highest BCUT2D eigenvalue weighted by molar-refractivity contribution is 6.23. The third-order valence-corrected chi connectivity index (χ3v) is 12.6. The number of rotatable bonds is 4. The highest BCUT2D eigenvalue weighted by Gasteiger charge is 2.34. The Morgan fingerprint density at radius 3 is 1.52 bits per heavy atom. The Balaban J connectivity index is 1.08. The normalized spacial score (nSPS) is 15.7. The molecule has 1 aromatic heterocycles. The maximum absolute atomic E-state index is 6.23. The van der Waals surface area contributed by atoms with Crippen molar-refractivity contribution in [1.29, 1.82) is 0 Å². The quantitative estimate of drug-likeness (QED) is 0.131. The molecule has 0 aliphatic heterocycles. The van der Waals surface area contributed by atoms with Crippen molar-refractivity contribution in [2.45, 2.75) is 18.3 Å². The topological polar surface area (TPSA) is 13.1 Å². The Kier molecular flexibility index (Phi) is 6.88. The Bertz CT molecular complexity index is 3190. The number of para-hydroxylation sites is 1. The molecule has 0 N–H and O–H groups in total. The van der Waals surface area contributed by atoms with Crippen LogP contribution in [0.25, 0.3) is 99.1 Å². The summed E-state index contributed by atoms with van der Waals surface area (Å²) in [6, 6.07) is 67.2. The first-order chi connectivity index (χ1) is 27.8. The highest BCUT2D eigenvalue weighted by atomic mass is 16.3. The third-order valence-electron chi connectivity index (χ3n) is 12.6. The zero-order valence-electron chi connectivity index (χ0n) is 30.7. The summed E-state index contributed by atoms with van der Waals surface area (Å²) in [6.07, 6.45) is 5.90. The lowest BCUT2D eigenvalue weighted by molar-refractivity contribution is 0.657. The van der Waals surface area contributed by atoms with E-state index < -0.39 is 0 Å². The van der Waals surface area contributed by atoms with Crippen molar-refractivity contribution in [1.82, 2.24) is 0 Å². The lowest BCUT2D eigenvalue weighted by atomic mass is 9.72. The molecule has 2 aliphatic rings. The zero-order chi connectivity index (χ0) is 36.7. The molecule has 0 amide bonds. The van der Waals surface area contributed by atoms with Crippen molar-refractivity contribution in [2.24, 2.45) is 0 Å². The van der Waals surface area contributed by atoms with Gasteiger partial charge in [0.05, 0.1) is 0 Å². The average molecular weight is 713 g/mol. The average Bonchev–Trinajstić information content (AvgIpc) is 3.91. The smallest absolute Gasteiger partial charge is 0.135 e. The van der Waals surface area contributed by atoms with Crippen molar-refractivity contribution in [3.63, 3.8) is 0 Å². The van der Waals surface area contributed by atoms with Crippen LogP contribution in [0, 0.1) is 0 Å². The van der Waals surface area contributed by atoms with E-state index in [1.54, 1.807) is 0 Å². The molecule has 2 aliphatic carbocycles. The molecule has 56 heavy (non-hydrogen) atoms. The number of hydrogen-bond acceptors (Lipinski definition) is 1. The van der Waals surface area contributed by atoms with Gasteiger partial charge in [-0.3, -0.25) is 0 Å². The molecule has 1 heterocycles. The molecule has 0 spiro atoms. The molecule has 1 heteroatoms. The highest BCUT2D eigenvalue weighted by Crippen LogP contribution is 2.53. The van der Waals surface area contributed by atoms with Crippen molar-refractivity contribution in [3.8, 4) is 55.6 Å². The van der Waals surface area contributed by atoms with E-state index in [2.05, 4.69) is 182 Å². The van der Waals surface area contributed by atoms with Gasteiger partial charge in [-0.15, -0.1) is 0 Å².